The molecule has 1 N–H and O–H groups in total. The number of halogens is 2. The summed E-state index contributed by atoms with van der Waals surface area (Å²) in [4.78, 5) is 31.7. The highest BCUT2D eigenvalue weighted by atomic mass is 35.5. The molecule has 1 saturated heterocycles. The monoisotopic (exact) mass is 453 g/mol. The zero-order valence-corrected chi connectivity index (χ0v) is 18.1. The maximum absolute atomic E-state index is 15.4. The largest absolute Gasteiger partial charge is 0.497 e. The summed E-state index contributed by atoms with van der Waals surface area (Å²) >= 11 is 6.35. The zero-order valence-electron chi connectivity index (χ0n) is 17.3. The van der Waals surface area contributed by atoms with Gasteiger partial charge in [-0.1, -0.05) is 35.9 Å². The number of anilines is 1. The van der Waals surface area contributed by atoms with Crippen molar-refractivity contribution in [3.05, 3.63) is 65.4 Å². The molecule has 2 heterocycles. The van der Waals surface area contributed by atoms with Crippen molar-refractivity contribution in [1.29, 1.82) is 0 Å². The van der Waals surface area contributed by atoms with Crippen LogP contribution in [-0.4, -0.2) is 36.2 Å². The fourth-order valence-corrected chi connectivity index (χ4v) is 5.10. The van der Waals surface area contributed by atoms with Crippen molar-refractivity contribution in [3.8, 4) is 5.75 Å². The van der Waals surface area contributed by atoms with E-state index in [0.717, 1.165) is 15.7 Å². The number of pyridine rings is 1. The molecule has 6 nitrogen and oxygen atoms in total. The molecule has 0 bridgehead atoms. The molecule has 1 aliphatic heterocycles. The van der Waals surface area contributed by atoms with Crippen molar-refractivity contribution < 1.29 is 18.7 Å². The number of amides is 3. The molecule has 1 saturated carbocycles. The van der Waals surface area contributed by atoms with Gasteiger partial charge in [-0.2, -0.15) is 0 Å². The number of urea groups is 1. The predicted octanol–water partition coefficient (Wildman–Crippen LogP) is 4.85. The number of nitrogens with one attached hydrogen (secondary N) is 1. The van der Waals surface area contributed by atoms with Crippen LogP contribution in [0.1, 0.15) is 24.3 Å². The molecule has 32 heavy (non-hydrogen) atoms. The van der Waals surface area contributed by atoms with Gasteiger partial charge in [-0.3, -0.25) is 9.78 Å². The number of rotatable bonds is 3. The Balaban J connectivity index is 1.46. The molecule has 5 rings (SSSR count). The van der Waals surface area contributed by atoms with E-state index >= 15 is 4.39 Å². The van der Waals surface area contributed by atoms with Gasteiger partial charge in [0.2, 0.25) is 5.91 Å². The van der Waals surface area contributed by atoms with Crippen molar-refractivity contribution in [2.45, 2.75) is 31.0 Å². The van der Waals surface area contributed by atoms with Crippen LogP contribution in [0, 0.1) is 5.92 Å². The second-order valence-corrected chi connectivity index (χ2v) is 8.60. The standard InChI is InChI=1S/C24H21ClFN3O3/c1-32-14-6-7-19(25)16(8-14)17-10-21-18(9-20(17)26)23(30)29(24(31)28-21)22-12-27-11-13-4-2-3-5-15(13)22/h2-8,11-12,17-18,20-21H,9-10H2,1H3,(H,28,31). The summed E-state index contributed by atoms with van der Waals surface area (Å²) < 4.78 is 20.6. The Kier molecular flexibility index (Phi) is 5.21. The Morgan fingerprint density at radius 2 is 1.94 bits per heavy atom. The third-order valence-corrected chi connectivity index (χ3v) is 6.79. The highest BCUT2D eigenvalue weighted by Crippen LogP contribution is 2.44. The van der Waals surface area contributed by atoms with E-state index < -0.39 is 36.0 Å². The number of fused-ring (bicyclic) bond motifs is 2. The van der Waals surface area contributed by atoms with Crippen molar-refractivity contribution in [2.24, 2.45) is 5.92 Å². The fraction of sp³-hybridized carbons (Fsp3) is 0.292. The molecule has 4 unspecified atom stereocenters. The van der Waals surface area contributed by atoms with Crippen LogP contribution in [0.4, 0.5) is 14.9 Å². The van der Waals surface area contributed by atoms with E-state index in [4.69, 9.17) is 16.3 Å². The summed E-state index contributed by atoms with van der Waals surface area (Å²) in [6.45, 7) is 0. The van der Waals surface area contributed by atoms with Gasteiger partial charge in [-0.15, -0.1) is 0 Å². The third-order valence-electron chi connectivity index (χ3n) is 6.45. The summed E-state index contributed by atoms with van der Waals surface area (Å²) in [5.41, 5.74) is 1.02. The third kappa shape index (κ3) is 3.37. The molecule has 2 aromatic carbocycles. The van der Waals surface area contributed by atoms with Crippen molar-refractivity contribution in [2.75, 3.05) is 12.0 Å². The highest BCUT2D eigenvalue weighted by Gasteiger charge is 2.49. The molecule has 1 aromatic heterocycles. The number of hydrogen-bond donors (Lipinski definition) is 1. The minimum absolute atomic E-state index is 0.00329. The van der Waals surface area contributed by atoms with E-state index in [1.165, 1.54) is 13.3 Å². The van der Waals surface area contributed by atoms with Gasteiger partial charge in [0, 0.05) is 34.0 Å². The minimum atomic E-state index is -1.28. The lowest BCUT2D eigenvalue weighted by molar-refractivity contribution is -0.125. The van der Waals surface area contributed by atoms with E-state index in [2.05, 4.69) is 10.3 Å². The molecule has 2 aliphatic rings. The summed E-state index contributed by atoms with van der Waals surface area (Å²) in [7, 11) is 1.54. The number of nitrogens with zero attached hydrogens (tertiary/aromatic N) is 2. The lowest BCUT2D eigenvalue weighted by atomic mass is 9.73. The van der Waals surface area contributed by atoms with Crippen LogP contribution in [0.2, 0.25) is 5.02 Å². The molecule has 4 atom stereocenters. The van der Waals surface area contributed by atoms with E-state index in [9.17, 15) is 9.59 Å². The number of aromatic nitrogens is 1. The van der Waals surface area contributed by atoms with Crippen LogP contribution in [0.3, 0.4) is 0 Å². The Labute approximate surface area is 189 Å². The van der Waals surface area contributed by atoms with Gasteiger partial charge < -0.3 is 10.1 Å². The van der Waals surface area contributed by atoms with Gasteiger partial charge in [0.1, 0.15) is 11.9 Å². The minimum Gasteiger partial charge on any atom is -0.497 e. The maximum atomic E-state index is 15.4. The lowest BCUT2D eigenvalue weighted by Gasteiger charge is -2.43. The number of methoxy groups -OCH3 is 1. The summed E-state index contributed by atoms with van der Waals surface area (Å²) in [5, 5.41) is 4.91. The molecule has 2 fully saturated rings. The molecule has 0 radical (unpaired) electrons. The molecule has 3 aromatic rings. The van der Waals surface area contributed by atoms with Gasteiger partial charge >= 0.3 is 6.03 Å². The van der Waals surface area contributed by atoms with E-state index in [0.29, 0.717) is 22.0 Å². The second kappa shape index (κ2) is 8.06. The molecular weight excluding hydrogens is 433 g/mol. The number of benzene rings is 2. The Morgan fingerprint density at radius 3 is 2.75 bits per heavy atom. The van der Waals surface area contributed by atoms with Crippen molar-refractivity contribution in [3.63, 3.8) is 0 Å². The van der Waals surface area contributed by atoms with Gasteiger partial charge in [-0.05, 0) is 36.6 Å². The Hall–Kier alpha value is -3.19. The SMILES string of the molecule is COc1ccc(Cl)c(C2CC3NC(=O)N(c4cncc5ccccc45)C(=O)C3CC2F)c1. The number of carbonyl (C=O) groups is 2. The van der Waals surface area contributed by atoms with Crippen LogP contribution >= 0.6 is 11.6 Å². The fourth-order valence-electron chi connectivity index (χ4n) is 4.84. The van der Waals surface area contributed by atoms with E-state index in [-0.39, 0.29) is 12.8 Å². The average molecular weight is 454 g/mol. The molecule has 0 spiro atoms. The summed E-state index contributed by atoms with van der Waals surface area (Å²) in [5.74, 6) is -1.04. The van der Waals surface area contributed by atoms with Gasteiger partial charge in [0.25, 0.3) is 0 Å². The number of imide groups is 1. The van der Waals surface area contributed by atoms with E-state index in [1.54, 1.807) is 24.4 Å². The van der Waals surface area contributed by atoms with Crippen molar-refractivity contribution >= 4 is 40.0 Å². The molecule has 1 aliphatic carbocycles. The van der Waals surface area contributed by atoms with Crippen LogP contribution in [0.5, 0.6) is 5.75 Å². The first kappa shape index (κ1) is 20.7. The maximum Gasteiger partial charge on any atom is 0.329 e. The molecular formula is C24H21ClFN3O3. The smallest absolute Gasteiger partial charge is 0.329 e. The number of ether oxygens (including phenoxy) is 1. The highest BCUT2D eigenvalue weighted by molar-refractivity contribution is 6.31. The first-order chi connectivity index (χ1) is 15.5. The molecule has 3 amide bonds. The zero-order chi connectivity index (χ0) is 22.4. The predicted molar refractivity (Wildman–Crippen MR) is 120 cm³/mol. The summed E-state index contributed by atoms with van der Waals surface area (Å²) in [6.07, 6.45) is 2.16. The average Bonchev–Trinajstić information content (AvgIpc) is 2.80. The Morgan fingerprint density at radius 1 is 1.12 bits per heavy atom. The van der Waals surface area contributed by atoms with Gasteiger partial charge in [0.15, 0.2) is 0 Å². The topological polar surface area (TPSA) is 71.5 Å². The quantitative estimate of drug-likeness (QED) is 0.615. The van der Waals surface area contributed by atoms with Gasteiger partial charge in [0.05, 0.1) is 24.9 Å². The normalized spacial score (nSPS) is 25.4. The van der Waals surface area contributed by atoms with Crippen LogP contribution in [-0.2, 0) is 4.79 Å². The summed E-state index contributed by atoms with van der Waals surface area (Å²) in [6, 6.07) is 11.5. The Bertz CT molecular complexity index is 1210. The number of hydrogen-bond acceptors (Lipinski definition) is 4. The number of alkyl halides is 1. The van der Waals surface area contributed by atoms with Crippen LogP contribution in [0.25, 0.3) is 10.8 Å². The van der Waals surface area contributed by atoms with Crippen molar-refractivity contribution in [1.82, 2.24) is 10.3 Å². The van der Waals surface area contributed by atoms with Crippen LogP contribution in [0.15, 0.2) is 54.9 Å². The van der Waals surface area contributed by atoms with Crippen LogP contribution < -0.4 is 15.0 Å². The van der Waals surface area contributed by atoms with Gasteiger partial charge in [-0.25, -0.2) is 14.1 Å². The molecule has 164 valence electrons. The second-order valence-electron chi connectivity index (χ2n) is 8.20. The number of carbonyl (C=O) groups excluding carboxylic acids is 2. The first-order valence-corrected chi connectivity index (χ1v) is 10.8. The molecule has 8 heteroatoms. The first-order valence-electron chi connectivity index (χ1n) is 10.4. The van der Waals surface area contributed by atoms with E-state index in [1.807, 2.05) is 24.3 Å². The lowest BCUT2D eigenvalue weighted by Crippen LogP contribution is -2.62.